The number of aryl methyl sites for hydroxylation is 1. The number of carbonyl (C=O) groups is 1. The van der Waals surface area contributed by atoms with E-state index in [0.29, 0.717) is 19.5 Å². The van der Waals surface area contributed by atoms with Gasteiger partial charge in [-0.25, -0.2) is 4.79 Å². The second-order valence-electron chi connectivity index (χ2n) is 6.42. The number of aliphatic hydroxyl groups is 1. The monoisotopic (exact) mass is 292 g/mol. The number of aliphatic hydroxyl groups excluding tert-OH is 1. The Morgan fingerprint density at radius 3 is 2.52 bits per heavy atom. The van der Waals surface area contributed by atoms with Crippen LogP contribution >= 0.6 is 0 Å². The van der Waals surface area contributed by atoms with E-state index in [2.05, 4.69) is 22.8 Å². The van der Waals surface area contributed by atoms with Gasteiger partial charge in [-0.1, -0.05) is 44.2 Å². The van der Waals surface area contributed by atoms with Crippen LogP contribution in [0.4, 0.5) is 4.79 Å². The fourth-order valence-electron chi connectivity index (χ4n) is 2.39. The van der Waals surface area contributed by atoms with Crippen LogP contribution in [0, 0.1) is 5.41 Å². The van der Waals surface area contributed by atoms with Gasteiger partial charge < -0.3 is 15.7 Å². The predicted octanol–water partition coefficient (Wildman–Crippen LogP) is 2.72. The van der Waals surface area contributed by atoms with Crippen molar-refractivity contribution in [2.75, 3.05) is 13.1 Å². The van der Waals surface area contributed by atoms with Crippen molar-refractivity contribution in [3.63, 3.8) is 0 Å². The van der Waals surface area contributed by atoms with Gasteiger partial charge in [-0.3, -0.25) is 0 Å². The minimum absolute atomic E-state index is 0.102. The Balaban J connectivity index is 2.14. The molecule has 4 nitrogen and oxygen atoms in total. The van der Waals surface area contributed by atoms with Crippen molar-refractivity contribution in [1.29, 1.82) is 0 Å². The van der Waals surface area contributed by atoms with Crippen LogP contribution in [0.15, 0.2) is 30.3 Å². The molecule has 1 unspecified atom stereocenters. The van der Waals surface area contributed by atoms with Crippen molar-refractivity contribution in [3.8, 4) is 0 Å². The lowest BCUT2D eigenvalue weighted by atomic mass is 9.87. The zero-order valence-corrected chi connectivity index (χ0v) is 13.4. The Labute approximate surface area is 128 Å². The highest BCUT2D eigenvalue weighted by atomic mass is 16.3. The van der Waals surface area contributed by atoms with Gasteiger partial charge in [0.2, 0.25) is 0 Å². The molecule has 21 heavy (non-hydrogen) atoms. The van der Waals surface area contributed by atoms with Crippen molar-refractivity contribution in [2.24, 2.45) is 5.41 Å². The van der Waals surface area contributed by atoms with E-state index in [1.165, 1.54) is 5.56 Å². The van der Waals surface area contributed by atoms with Gasteiger partial charge in [-0.15, -0.1) is 0 Å². The van der Waals surface area contributed by atoms with Gasteiger partial charge in [-0.2, -0.15) is 0 Å². The number of urea groups is 1. The van der Waals surface area contributed by atoms with E-state index in [0.717, 1.165) is 12.8 Å². The third kappa shape index (κ3) is 8.35. The summed E-state index contributed by atoms with van der Waals surface area (Å²) in [5.74, 6) is 0. The molecule has 0 spiro atoms. The third-order valence-electron chi connectivity index (χ3n) is 3.35. The lowest BCUT2D eigenvalue weighted by molar-refractivity contribution is 0.129. The average Bonchev–Trinajstić information content (AvgIpc) is 2.41. The third-order valence-corrected chi connectivity index (χ3v) is 3.35. The highest BCUT2D eigenvalue weighted by Gasteiger charge is 2.20. The molecule has 3 N–H and O–H groups in total. The Hall–Kier alpha value is -1.55. The molecule has 1 aromatic rings. The molecule has 0 aromatic heterocycles. The standard InChI is InChI=1S/C17H28N2O2/c1-14(20)12-17(2,3)13-19-16(21)18-11-7-10-15-8-5-4-6-9-15/h4-6,8-9,14,20H,7,10-13H2,1-3H3,(H2,18,19,21). The molecule has 1 aromatic carbocycles. The predicted molar refractivity (Wildman–Crippen MR) is 86.2 cm³/mol. The van der Waals surface area contributed by atoms with Gasteiger partial charge in [0.1, 0.15) is 0 Å². The second-order valence-corrected chi connectivity index (χ2v) is 6.42. The quantitative estimate of drug-likeness (QED) is 0.645. The Kier molecular flexibility index (Phi) is 7.23. The minimum atomic E-state index is -0.351. The van der Waals surface area contributed by atoms with E-state index in [9.17, 15) is 9.90 Å². The van der Waals surface area contributed by atoms with E-state index in [4.69, 9.17) is 0 Å². The number of hydrogen-bond donors (Lipinski definition) is 3. The smallest absolute Gasteiger partial charge is 0.314 e. The van der Waals surface area contributed by atoms with Gasteiger partial charge in [0, 0.05) is 13.1 Å². The summed E-state index contributed by atoms with van der Waals surface area (Å²) < 4.78 is 0. The molecule has 0 aliphatic carbocycles. The Bertz CT molecular complexity index is 416. The lowest BCUT2D eigenvalue weighted by Crippen LogP contribution is -2.41. The molecule has 0 saturated carbocycles. The van der Waals surface area contributed by atoms with Gasteiger partial charge in [0.05, 0.1) is 6.10 Å². The van der Waals surface area contributed by atoms with E-state index in [-0.39, 0.29) is 17.6 Å². The normalized spacial score (nSPS) is 12.8. The molecule has 2 amide bonds. The molecule has 0 radical (unpaired) electrons. The molecule has 1 rings (SSSR count). The fourth-order valence-corrected chi connectivity index (χ4v) is 2.39. The molecule has 0 aliphatic rings. The summed E-state index contributed by atoms with van der Waals surface area (Å²) in [6, 6.07) is 10.1. The first-order valence-corrected chi connectivity index (χ1v) is 7.63. The summed E-state index contributed by atoms with van der Waals surface area (Å²) in [6.45, 7) is 7.07. The first-order valence-electron chi connectivity index (χ1n) is 7.63. The van der Waals surface area contributed by atoms with Crippen LogP contribution in [0.3, 0.4) is 0 Å². The first-order chi connectivity index (χ1) is 9.89. The van der Waals surface area contributed by atoms with Gasteiger partial charge in [-0.05, 0) is 37.2 Å². The fraction of sp³-hybridized carbons (Fsp3) is 0.588. The Morgan fingerprint density at radius 2 is 1.90 bits per heavy atom. The van der Waals surface area contributed by atoms with Gasteiger partial charge >= 0.3 is 6.03 Å². The maximum absolute atomic E-state index is 11.7. The molecule has 0 saturated heterocycles. The maximum atomic E-state index is 11.7. The summed E-state index contributed by atoms with van der Waals surface area (Å²) in [4.78, 5) is 11.7. The minimum Gasteiger partial charge on any atom is -0.393 e. The molecule has 0 heterocycles. The van der Waals surface area contributed by atoms with Crippen molar-refractivity contribution < 1.29 is 9.90 Å². The molecule has 0 bridgehead atoms. The van der Waals surface area contributed by atoms with E-state index >= 15 is 0 Å². The lowest BCUT2D eigenvalue weighted by Gasteiger charge is -2.26. The summed E-state index contributed by atoms with van der Waals surface area (Å²) >= 11 is 0. The summed E-state index contributed by atoms with van der Waals surface area (Å²) in [5, 5.41) is 15.1. The van der Waals surface area contributed by atoms with Crippen LogP contribution in [0.2, 0.25) is 0 Å². The number of rotatable bonds is 8. The van der Waals surface area contributed by atoms with E-state index in [1.807, 2.05) is 32.0 Å². The number of benzene rings is 1. The van der Waals surface area contributed by atoms with Crippen LogP contribution in [0.5, 0.6) is 0 Å². The zero-order valence-electron chi connectivity index (χ0n) is 13.4. The largest absolute Gasteiger partial charge is 0.393 e. The molecular formula is C17H28N2O2. The highest BCUT2D eigenvalue weighted by molar-refractivity contribution is 5.73. The van der Waals surface area contributed by atoms with Crippen LogP contribution in [-0.2, 0) is 6.42 Å². The van der Waals surface area contributed by atoms with Crippen molar-refractivity contribution >= 4 is 6.03 Å². The van der Waals surface area contributed by atoms with Gasteiger partial charge in [0.15, 0.2) is 0 Å². The van der Waals surface area contributed by atoms with E-state index < -0.39 is 0 Å². The highest BCUT2D eigenvalue weighted by Crippen LogP contribution is 2.20. The summed E-state index contributed by atoms with van der Waals surface area (Å²) in [7, 11) is 0. The average molecular weight is 292 g/mol. The molecule has 0 aliphatic heterocycles. The van der Waals surface area contributed by atoms with Crippen molar-refractivity contribution in [1.82, 2.24) is 10.6 Å². The number of hydrogen-bond acceptors (Lipinski definition) is 2. The molecule has 1 atom stereocenters. The van der Waals surface area contributed by atoms with Crippen LogP contribution in [0.1, 0.15) is 39.2 Å². The van der Waals surface area contributed by atoms with Crippen LogP contribution < -0.4 is 10.6 Å². The number of carbonyl (C=O) groups excluding carboxylic acids is 1. The number of amides is 2. The summed E-state index contributed by atoms with van der Waals surface area (Å²) in [6.07, 6.45) is 2.21. The molecule has 4 heteroatoms. The van der Waals surface area contributed by atoms with Crippen molar-refractivity contribution in [2.45, 2.75) is 46.1 Å². The first kappa shape index (κ1) is 17.5. The maximum Gasteiger partial charge on any atom is 0.314 e. The van der Waals surface area contributed by atoms with Crippen LogP contribution in [-0.4, -0.2) is 30.3 Å². The molecule has 0 fully saturated rings. The topological polar surface area (TPSA) is 61.4 Å². The number of nitrogens with one attached hydrogen (secondary N) is 2. The zero-order chi connectivity index (χ0) is 15.7. The SMILES string of the molecule is CC(O)CC(C)(C)CNC(=O)NCCCc1ccccc1. The molecule has 118 valence electrons. The van der Waals surface area contributed by atoms with Crippen LogP contribution in [0.25, 0.3) is 0 Å². The molecular weight excluding hydrogens is 264 g/mol. The summed E-state index contributed by atoms with van der Waals surface area (Å²) in [5.41, 5.74) is 1.19. The second kappa shape index (κ2) is 8.67. The van der Waals surface area contributed by atoms with Gasteiger partial charge in [0.25, 0.3) is 0 Å². The van der Waals surface area contributed by atoms with Crippen molar-refractivity contribution in [3.05, 3.63) is 35.9 Å². The van der Waals surface area contributed by atoms with E-state index in [1.54, 1.807) is 6.92 Å². The Morgan fingerprint density at radius 1 is 1.24 bits per heavy atom.